The fourth-order valence-electron chi connectivity index (χ4n) is 2.40. The highest BCUT2D eigenvalue weighted by atomic mass is 16.5. The summed E-state index contributed by atoms with van der Waals surface area (Å²) >= 11 is 0. The highest BCUT2D eigenvalue weighted by Gasteiger charge is 2.44. The Balaban J connectivity index is 2.40. The van der Waals surface area contributed by atoms with Crippen LogP contribution >= 0.6 is 0 Å². The molecule has 1 aliphatic rings. The Morgan fingerprint density at radius 1 is 1.11 bits per heavy atom. The lowest BCUT2D eigenvalue weighted by molar-refractivity contribution is -0.118. The average Bonchev–Trinajstić information content (AvgIpc) is 3.16. The zero-order valence-electron chi connectivity index (χ0n) is 11.1. The van der Waals surface area contributed by atoms with E-state index in [0.29, 0.717) is 17.2 Å². The second-order valence-electron chi connectivity index (χ2n) is 4.48. The smallest absolute Gasteiger partial charge is 0.203 e. The molecular weight excluding hydrogens is 232 g/mol. The largest absolute Gasteiger partial charge is 0.493 e. The van der Waals surface area contributed by atoms with Crippen LogP contribution in [0.5, 0.6) is 17.2 Å². The molecule has 0 aliphatic heterocycles. The van der Waals surface area contributed by atoms with E-state index in [1.165, 1.54) is 0 Å². The Morgan fingerprint density at radius 3 is 2.22 bits per heavy atom. The van der Waals surface area contributed by atoms with Crippen LogP contribution in [0.4, 0.5) is 0 Å². The van der Waals surface area contributed by atoms with Crippen molar-refractivity contribution in [3.63, 3.8) is 0 Å². The average molecular weight is 250 g/mol. The van der Waals surface area contributed by atoms with Gasteiger partial charge in [-0.1, -0.05) is 6.07 Å². The summed E-state index contributed by atoms with van der Waals surface area (Å²) in [7, 11) is 4.78. The Labute approximate surface area is 107 Å². The van der Waals surface area contributed by atoms with Gasteiger partial charge in [-0.25, -0.2) is 0 Å². The van der Waals surface area contributed by atoms with Gasteiger partial charge in [0, 0.05) is 11.5 Å². The number of ketones is 1. The Morgan fingerprint density at radius 2 is 1.78 bits per heavy atom. The van der Waals surface area contributed by atoms with E-state index in [1.54, 1.807) is 28.3 Å². The number of carbonyl (C=O) groups excluding carboxylic acids is 1. The fourth-order valence-corrected chi connectivity index (χ4v) is 2.40. The third-order valence-electron chi connectivity index (χ3n) is 3.45. The summed E-state index contributed by atoms with van der Waals surface area (Å²) in [5.74, 6) is 2.50. The van der Waals surface area contributed by atoms with Gasteiger partial charge in [-0.15, -0.1) is 0 Å². The quantitative estimate of drug-likeness (QED) is 0.805. The zero-order valence-corrected chi connectivity index (χ0v) is 11.1. The molecule has 2 rings (SSSR count). The predicted molar refractivity (Wildman–Crippen MR) is 67.6 cm³/mol. The highest BCUT2D eigenvalue weighted by molar-refractivity contribution is 5.83. The van der Waals surface area contributed by atoms with Crippen molar-refractivity contribution in [2.75, 3.05) is 21.3 Å². The minimum Gasteiger partial charge on any atom is -0.493 e. The van der Waals surface area contributed by atoms with Crippen molar-refractivity contribution in [1.29, 1.82) is 0 Å². The summed E-state index contributed by atoms with van der Waals surface area (Å²) in [6, 6.07) is 3.81. The monoisotopic (exact) mass is 250 g/mol. The molecule has 0 heterocycles. The van der Waals surface area contributed by atoms with E-state index in [0.717, 1.165) is 12.0 Å². The maximum Gasteiger partial charge on any atom is 0.203 e. The van der Waals surface area contributed by atoms with E-state index < -0.39 is 0 Å². The van der Waals surface area contributed by atoms with Gasteiger partial charge in [-0.3, -0.25) is 4.79 Å². The molecule has 2 unspecified atom stereocenters. The Kier molecular flexibility index (Phi) is 3.45. The van der Waals surface area contributed by atoms with Crippen LogP contribution in [0.1, 0.15) is 24.8 Å². The van der Waals surface area contributed by atoms with Gasteiger partial charge in [0.15, 0.2) is 11.5 Å². The van der Waals surface area contributed by atoms with Crippen LogP contribution < -0.4 is 14.2 Å². The van der Waals surface area contributed by atoms with Crippen molar-refractivity contribution in [1.82, 2.24) is 0 Å². The van der Waals surface area contributed by atoms with Gasteiger partial charge in [-0.2, -0.15) is 0 Å². The molecule has 0 spiro atoms. The van der Waals surface area contributed by atoms with Crippen LogP contribution in [0.25, 0.3) is 0 Å². The zero-order chi connectivity index (χ0) is 13.3. The lowest BCUT2D eigenvalue weighted by atomic mass is 10.1. The van der Waals surface area contributed by atoms with Gasteiger partial charge < -0.3 is 14.2 Å². The SMILES string of the molecule is COc1ccc(C2CC2C(C)=O)c(OC)c1OC. The van der Waals surface area contributed by atoms with Gasteiger partial charge in [-0.05, 0) is 25.3 Å². The first-order valence-electron chi connectivity index (χ1n) is 5.93. The first-order valence-corrected chi connectivity index (χ1v) is 5.93. The number of ether oxygens (including phenoxy) is 3. The topological polar surface area (TPSA) is 44.8 Å². The van der Waals surface area contributed by atoms with Crippen molar-refractivity contribution in [3.8, 4) is 17.2 Å². The summed E-state index contributed by atoms with van der Waals surface area (Å²) in [5, 5.41) is 0. The fraction of sp³-hybridized carbons (Fsp3) is 0.500. The van der Waals surface area contributed by atoms with Crippen molar-refractivity contribution in [3.05, 3.63) is 17.7 Å². The lowest BCUT2D eigenvalue weighted by Gasteiger charge is -2.15. The normalized spacial score (nSPS) is 21.3. The molecule has 1 aromatic carbocycles. The molecule has 1 saturated carbocycles. The molecule has 1 fully saturated rings. The Bertz CT molecular complexity index is 467. The molecule has 0 amide bonds. The van der Waals surface area contributed by atoms with Gasteiger partial charge in [0.05, 0.1) is 21.3 Å². The minimum absolute atomic E-state index is 0.122. The van der Waals surface area contributed by atoms with Crippen molar-refractivity contribution >= 4 is 5.78 Å². The lowest BCUT2D eigenvalue weighted by Crippen LogP contribution is -2.00. The molecule has 0 bridgehead atoms. The highest BCUT2D eigenvalue weighted by Crippen LogP contribution is 2.54. The first kappa shape index (κ1) is 12.7. The second-order valence-corrected chi connectivity index (χ2v) is 4.48. The van der Waals surface area contributed by atoms with E-state index in [4.69, 9.17) is 14.2 Å². The van der Waals surface area contributed by atoms with Crippen LogP contribution in [0, 0.1) is 5.92 Å². The van der Waals surface area contributed by atoms with Gasteiger partial charge in [0.25, 0.3) is 0 Å². The standard InChI is InChI=1S/C14H18O4/c1-8(15)10-7-11(10)9-5-6-12(16-2)14(18-4)13(9)17-3/h5-6,10-11H,7H2,1-4H3. The molecule has 98 valence electrons. The molecule has 1 aromatic rings. The summed E-state index contributed by atoms with van der Waals surface area (Å²) in [6.07, 6.45) is 0.890. The molecule has 0 N–H and O–H groups in total. The predicted octanol–water partition coefficient (Wildman–Crippen LogP) is 2.40. The molecule has 2 atom stereocenters. The third-order valence-corrected chi connectivity index (χ3v) is 3.45. The van der Waals surface area contributed by atoms with Crippen molar-refractivity contribution < 1.29 is 19.0 Å². The van der Waals surface area contributed by atoms with E-state index in [9.17, 15) is 4.79 Å². The molecule has 4 nitrogen and oxygen atoms in total. The molecule has 0 radical (unpaired) electrons. The van der Waals surface area contributed by atoms with E-state index in [-0.39, 0.29) is 17.6 Å². The van der Waals surface area contributed by atoms with E-state index >= 15 is 0 Å². The maximum absolute atomic E-state index is 11.4. The van der Waals surface area contributed by atoms with Crippen molar-refractivity contribution in [2.24, 2.45) is 5.92 Å². The van der Waals surface area contributed by atoms with Crippen molar-refractivity contribution in [2.45, 2.75) is 19.3 Å². The number of carbonyl (C=O) groups is 1. The van der Waals surface area contributed by atoms with Crippen LogP contribution in [-0.4, -0.2) is 27.1 Å². The van der Waals surface area contributed by atoms with Crippen LogP contribution in [0.2, 0.25) is 0 Å². The molecule has 0 saturated heterocycles. The third kappa shape index (κ3) is 2.03. The van der Waals surface area contributed by atoms with E-state index in [1.807, 2.05) is 12.1 Å². The van der Waals surface area contributed by atoms with Gasteiger partial charge >= 0.3 is 0 Å². The number of hydrogen-bond donors (Lipinski definition) is 0. The first-order chi connectivity index (χ1) is 8.63. The summed E-state index contributed by atoms with van der Waals surface area (Å²) in [6.45, 7) is 1.64. The van der Waals surface area contributed by atoms with E-state index in [2.05, 4.69) is 0 Å². The van der Waals surface area contributed by atoms with Gasteiger partial charge in [0.1, 0.15) is 5.78 Å². The molecular formula is C14H18O4. The Hall–Kier alpha value is -1.71. The second kappa shape index (κ2) is 4.88. The van der Waals surface area contributed by atoms with Crippen LogP contribution in [0.3, 0.4) is 0 Å². The van der Waals surface area contributed by atoms with Crippen LogP contribution in [-0.2, 0) is 4.79 Å². The summed E-state index contributed by atoms with van der Waals surface area (Å²) in [5.41, 5.74) is 1.02. The van der Waals surface area contributed by atoms with Crippen LogP contribution in [0.15, 0.2) is 12.1 Å². The maximum atomic E-state index is 11.4. The number of benzene rings is 1. The molecule has 1 aliphatic carbocycles. The van der Waals surface area contributed by atoms with Gasteiger partial charge in [0.2, 0.25) is 5.75 Å². The number of Topliss-reactive ketones (excluding diaryl/α,β-unsaturated/α-hetero) is 1. The number of methoxy groups -OCH3 is 3. The number of hydrogen-bond acceptors (Lipinski definition) is 4. The summed E-state index contributed by atoms with van der Waals surface area (Å²) < 4.78 is 16.0. The molecule has 0 aromatic heterocycles. The summed E-state index contributed by atoms with van der Waals surface area (Å²) in [4.78, 5) is 11.4. The molecule has 4 heteroatoms. The molecule has 18 heavy (non-hydrogen) atoms. The number of rotatable bonds is 5. The minimum atomic E-state index is 0.122.